The minimum Gasteiger partial charge on any atom is -0.321 e. The largest absolute Gasteiger partial charge is 0.321 e. The number of nitrogens with one attached hydrogen (secondary N) is 2. The number of rotatable bonds is 7. The molecule has 2 amide bonds. The van der Waals surface area contributed by atoms with Gasteiger partial charge in [-0.15, -0.1) is 23.1 Å². The van der Waals surface area contributed by atoms with Gasteiger partial charge in [-0.1, -0.05) is 77.5 Å². The van der Waals surface area contributed by atoms with Gasteiger partial charge in [0, 0.05) is 21.5 Å². The lowest BCUT2D eigenvalue weighted by molar-refractivity contribution is -0.113. The summed E-state index contributed by atoms with van der Waals surface area (Å²) < 4.78 is 4.09. The minimum absolute atomic E-state index is 0.141. The van der Waals surface area contributed by atoms with Crippen molar-refractivity contribution >= 4 is 90.8 Å². The van der Waals surface area contributed by atoms with Crippen LogP contribution in [0.3, 0.4) is 0 Å². The monoisotopic (exact) mass is 567 g/mol. The second kappa shape index (κ2) is 11.0. The number of anilines is 2. The number of benzene rings is 3. The Morgan fingerprint density at radius 2 is 1.56 bits per heavy atom. The molecule has 0 spiro atoms. The number of halogens is 1. The lowest BCUT2D eigenvalue weighted by atomic mass is 10.2. The predicted octanol–water partition coefficient (Wildman–Crippen LogP) is 8.12. The van der Waals surface area contributed by atoms with E-state index in [-0.39, 0.29) is 23.3 Å². The molecule has 5 aromatic rings. The number of para-hydroxylation sites is 2. The lowest BCUT2D eigenvalue weighted by Gasteiger charge is -2.12. The molecule has 0 fully saturated rings. The molecule has 0 bridgehead atoms. The highest BCUT2D eigenvalue weighted by Crippen LogP contribution is 2.41. The SMILES string of the molecule is O=C(CSc1sc2ccccc2c1Cl)Nc1sc(=S)n(-c2ccccc2)c1C(=O)Nc1ccccc1. The van der Waals surface area contributed by atoms with Crippen LogP contribution in [0.4, 0.5) is 10.7 Å². The second-order valence-electron chi connectivity index (χ2n) is 7.57. The first kappa shape index (κ1) is 24.7. The number of thiazole rings is 1. The van der Waals surface area contributed by atoms with Gasteiger partial charge in [-0.2, -0.15) is 0 Å². The normalized spacial score (nSPS) is 10.9. The summed E-state index contributed by atoms with van der Waals surface area (Å²) >= 11 is 16.2. The van der Waals surface area contributed by atoms with Crippen molar-refractivity contribution in [3.05, 3.63) is 99.6 Å². The molecule has 0 atom stereocenters. The highest BCUT2D eigenvalue weighted by Gasteiger charge is 2.23. The maximum Gasteiger partial charge on any atom is 0.275 e. The molecule has 0 radical (unpaired) electrons. The van der Waals surface area contributed by atoms with Gasteiger partial charge in [-0.25, -0.2) is 0 Å². The van der Waals surface area contributed by atoms with Crippen molar-refractivity contribution in [2.75, 3.05) is 16.4 Å². The Morgan fingerprint density at radius 3 is 2.28 bits per heavy atom. The van der Waals surface area contributed by atoms with Gasteiger partial charge in [-0.05, 0) is 42.5 Å². The van der Waals surface area contributed by atoms with Crippen LogP contribution in [0, 0.1) is 3.95 Å². The maximum atomic E-state index is 13.4. The molecule has 5 rings (SSSR count). The van der Waals surface area contributed by atoms with Crippen LogP contribution in [-0.4, -0.2) is 22.1 Å². The van der Waals surface area contributed by atoms with Crippen molar-refractivity contribution in [3.63, 3.8) is 0 Å². The fraction of sp³-hybridized carbons (Fsp3) is 0.0385. The van der Waals surface area contributed by atoms with E-state index in [0.717, 1.165) is 20.0 Å². The van der Waals surface area contributed by atoms with E-state index in [1.165, 1.54) is 23.1 Å². The van der Waals surface area contributed by atoms with Crippen LogP contribution >= 0.6 is 58.3 Å². The molecule has 0 aliphatic heterocycles. The molecule has 3 aromatic carbocycles. The first-order valence-electron chi connectivity index (χ1n) is 10.8. The molecule has 2 heterocycles. The summed E-state index contributed by atoms with van der Waals surface area (Å²) in [7, 11) is 0. The van der Waals surface area contributed by atoms with Gasteiger partial charge in [0.2, 0.25) is 5.91 Å². The third-order valence-electron chi connectivity index (χ3n) is 5.16. The Bertz CT molecular complexity index is 1610. The van der Waals surface area contributed by atoms with Crippen molar-refractivity contribution < 1.29 is 9.59 Å². The van der Waals surface area contributed by atoms with Crippen LogP contribution in [0.25, 0.3) is 15.8 Å². The van der Waals surface area contributed by atoms with E-state index < -0.39 is 0 Å². The number of amides is 2. The Kier molecular flexibility index (Phi) is 7.54. The van der Waals surface area contributed by atoms with Crippen molar-refractivity contribution in [3.8, 4) is 5.69 Å². The molecule has 5 nitrogen and oxygen atoms in total. The Morgan fingerprint density at radius 1 is 0.889 bits per heavy atom. The maximum absolute atomic E-state index is 13.4. The van der Waals surface area contributed by atoms with Crippen LogP contribution in [-0.2, 0) is 4.79 Å². The first-order chi connectivity index (χ1) is 17.5. The third-order valence-corrected chi connectivity index (χ3v) is 9.51. The summed E-state index contributed by atoms with van der Waals surface area (Å²) in [5.41, 5.74) is 1.66. The number of carbonyl (C=O) groups is 2. The number of fused-ring (bicyclic) bond motifs is 1. The summed E-state index contributed by atoms with van der Waals surface area (Å²) in [6, 6.07) is 26.4. The van der Waals surface area contributed by atoms with Crippen molar-refractivity contribution in [1.82, 2.24) is 4.57 Å². The highest BCUT2D eigenvalue weighted by molar-refractivity contribution is 8.02. The van der Waals surface area contributed by atoms with Crippen molar-refractivity contribution in [2.45, 2.75) is 4.21 Å². The molecule has 2 aromatic heterocycles. The molecule has 0 aliphatic carbocycles. The predicted molar refractivity (Wildman–Crippen MR) is 155 cm³/mol. The highest BCUT2D eigenvalue weighted by atomic mass is 35.5. The number of nitrogens with zero attached hydrogens (tertiary/aromatic N) is 1. The Labute approximate surface area is 229 Å². The van der Waals surface area contributed by atoms with E-state index in [0.29, 0.717) is 19.7 Å². The average molecular weight is 568 g/mol. The van der Waals surface area contributed by atoms with Crippen LogP contribution in [0.5, 0.6) is 0 Å². The summed E-state index contributed by atoms with van der Waals surface area (Å²) in [5.74, 6) is -0.478. The van der Waals surface area contributed by atoms with E-state index in [1.807, 2.05) is 72.8 Å². The standard InChI is InChI=1S/C26H18ClN3O2S4/c27-21-18-13-7-8-14-19(18)35-25(21)34-15-20(31)29-24-22(23(32)28-16-9-3-1-4-10-16)30(26(33)36-24)17-11-5-2-6-12-17/h1-14H,15H2,(H,28,32)(H,29,31). The second-order valence-corrected chi connectivity index (χ2v) is 11.9. The zero-order valence-corrected chi connectivity index (χ0v) is 22.6. The smallest absolute Gasteiger partial charge is 0.275 e. The number of hydrogen-bond donors (Lipinski definition) is 2. The van der Waals surface area contributed by atoms with E-state index in [9.17, 15) is 9.59 Å². The van der Waals surface area contributed by atoms with Gasteiger partial charge < -0.3 is 10.6 Å². The molecule has 36 heavy (non-hydrogen) atoms. The van der Waals surface area contributed by atoms with Gasteiger partial charge in [0.05, 0.1) is 15.0 Å². The average Bonchev–Trinajstić information content (AvgIpc) is 3.39. The van der Waals surface area contributed by atoms with Crippen LogP contribution in [0.1, 0.15) is 10.5 Å². The molecule has 0 saturated heterocycles. The summed E-state index contributed by atoms with van der Waals surface area (Å²) in [6.07, 6.45) is 0. The van der Waals surface area contributed by atoms with Gasteiger partial charge in [0.25, 0.3) is 5.91 Å². The van der Waals surface area contributed by atoms with E-state index >= 15 is 0 Å². The summed E-state index contributed by atoms with van der Waals surface area (Å²) in [6.45, 7) is 0. The van der Waals surface area contributed by atoms with Crippen LogP contribution in [0.2, 0.25) is 5.02 Å². The minimum atomic E-state index is -0.368. The van der Waals surface area contributed by atoms with Gasteiger partial charge in [0.15, 0.2) is 3.95 Å². The number of hydrogen-bond acceptors (Lipinski definition) is 6. The number of carbonyl (C=O) groups excluding carboxylic acids is 2. The van der Waals surface area contributed by atoms with Crippen molar-refractivity contribution in [1.29, 1.82) is 0 Å². The van der Waals surface area contributed by atoms with Gasteiger partial charge in [0.1, 0.15) is 10.7 Å². The Balaban J connectivity index is 1.41. The summed E-state index contributed by atoms with van der Waals surface area (Å²) in [5, 5.41) is 7.83. The summed E-state index contributed by atoms with van der Waals surface area (Å²) in [4.78, 5) is 26.4. The van der Waals surface area contributed by atoms with E-state index in [1.54, 1.807) is 28.0 Å². The van der Waals surface area contributed by atoms with E-state index in [2.05, 4.69) is 10.6 Å². The molecule has 0 unspecified atom stereocenters. The number of thiophene rings is 1. The first-order valence-corrected chi connectivity index (χ1v) is 14.2. The quantitative estimate of drug-likeness (QED) is 0.154. The van der Waals surface area contributed by atoms with Crippen molar-refractivity contribution in [2.24, 2.45) is 0 Å². The van der Waals surface area contributed by atoms with E-state index in [4.69, 9.17) is 23.8 Å². The van der Waals surface area contributed by atoms with Crippen LogP contribution < -0.4 is 10.6 Å². The molecule has 2 N–H and O–H groups in total. The fourth-order valence-electron chi connectivity index (χ4n) is 3.57. The zero-order valence-electron chi connectivity index (χ0n) is 18.6. The van der Waals surface area contributed by atoms with Gasteiger partial charge >= 0.3 is 0 Å². The molecule has 0 saturated carbocycles. The molecule has 180 valence electrons. The molecule has 0 aliphatic rings. The zero-order chi connectivity index (χ0) is 25.1. The molecular weight excluding hydrogens is 550 g/mol. The van der Waals surface area contributed by atoms with Gasteiger partial charge in [-0.3, -0.25) is 14.2 Å². The molecular formula is C26H18ClN3O2S4. The number of aromatic nitrogens is 1. The Hall–Kier alpha value is -2.95. The molecule has 10 heteroatoms. The van der Waals surface area contributed by atoms with Crippen LogP contribution in [0.15, 0.2) is 89.1 Å². The third kappa shape index (κ3) is 5.25. The number of thioether (sulfide) groups is 1. The fourth-order valence-corrected chi connectivity index (χ4v) is 7.50. The topological polar surface area (TPSA) is 63.1 Å². The lowest BCUT2D eigenvalue weighted by Crippen LogP contribution is -2.21.